The molecule has 98 valence electrons. The van der Waals surface area contributed by atoms with Gasteiger partial charge in [-0.1, -0.05) is 0 Å². The van der Waals surface area contributed by atoms with Crippen molar-refractivity contribution in [3.8, 4) is 0 Å². The van der Waals surface area contributed by atoms with Crippen molar-refractivity contribution in [1.82, 2.24) is 9.78 Å². The standard InChI is InChI=1S/C13H14N4O2/c1-2-17-8-10(7-15-17)13(19)16-11-5-3-9(4-6-11)12(14)18/h3-8H,2H2,1H3,(H2,14,18)(H,16,19). The number of nitrogens with zero attached hydrogens (tertiary/aromatic N) is 2. The van der Waals surface area contributed by atoms with E-state index in [0.717, 1.165) is 0 Å². The summed E-state index contributed by atoms with van der Waals surface area (Å²) in [6.07, 6.45) is 3.18. The van der Waals surface area contributed by atoms with E-state index in [9.17, 15) is 9.59 Å². The van der Waals surface area contributed by atoms with Gasteiger partial charge >= 0.3 is 0 Å². The summed E-state index contributed by atoms with van der Waals surface area (Å²) in [6, 6.07) is 6.38. The predicted molar refractivity (Wildman–Crippen MR) is 70.8 cm³/mol. The molecule has 0 fully saturated rings. The van der Waals surface area contributed by atoms with Gasteiger partial charge in [-0.2, -0.15) is 5.10 Å². The number of primary amides is 1. The zero-order chi connectivity index (χ0) is 13.8. The molecule has 0 radical (unpaired) electrons. The highest BCUT2D eigenvalue weighted by molar-refractivity contribution is 6.04. The van der Waals surface area contributed by atoms with Gasteiger partial charge in [0.05, 0.1) is 11.8 Å². The van der Waals surface area contributed by atoms with Gasteiger partial charge in [0.25, 0.3) is 5.91 Å². The summed E-state index contributed by atoms with van der Waals surface area (Å²) in [5.41, 5.74) is 6.62. The summed E-state index contributed by atoms with van der Waals surface area (Å²) in [5, 5.41) is 6.75. The first-order chi connectivity index (χ1) is 9.10. The number of carbonyl (C=O) groups excluding carboxylic acids is 2. The number of anilines is 1. The van der Waals surface area contributed by atoms with Crippen molar-refractivity contribution >= 4 is 17.5 Å². The lowest BCUT2D eigenvalue weighted by molar-refractivity contribution is 0.0998. The summed E-state index contributed by atoms with van der Waals surface area (Å²) in [6.45, 7) is 2.65. The van der Waals surface area contributed by atoms with Crippen molar-refractivity contribution < 1.29 is 9.59 Å². The molecule has 0 spiro atoms. The zero-order valence-corrected chi connectivity index (χ0v) is 10.5. The maximum atomic E-state index is 11.9. The Morgan fingerprint density at radius 3 is 2.47 bits per heavy atom. The molecule has 2 aromatic rings. The number of aryl methyl sites for hydroxylation is 1. The summed E-state index contributed by atoms with van der Waals surface area (Å²) in [5.74, 6) is -0.742. The maximum Gasteiger partial charge on any atom is 0.258 e. The van der Waals surface area contributed by atoms with Gasteiger partial charge in [-0.3, -0.25) is 14.3 Å². The molecule has 1 heterocycles. The second kappa shape index (κ2) is 5.34. The van der Waals surface area contributed by atoms with E-state index in [2.05, 4.69) is 10.4 Å². The van der Waals surface area contributed by atoms with E-state index < -0.39 is 5.91 Å². The number of nitrogens with two attached hydrogens (primary N) is 1. The summed E-state index contributed by atoms with van der Waals surface area (Å²) in [4.78, 5) is 22.8. The van der Waals surface area contributed by atoms with E-state index in [1.807, 2.05) is 6.92 Å². The van der Waals surface area contributed by atoms with Crippen LogP contribution >= 0.6 is 0 Å². The molecule has 0 aliphatic carbocycles. The lowest BCUT2D eigenvalue weighted by Crippen LogP contribution is -2.13. The van der Waals surface area contributed by atoms with E-state index >= 15 is 0 Å². The Balaban J connectivity index is 2.08. The first-order valence-electron chi connectivity index (χ1n) is 5.84. The lowest BCUT2D eigenvalue weighted by Gasteiger charge is -2.03. The third-order valence-electron chi connectivity index (χ3n) is 2.65. The van der Waals surface area contributed by atoms with Crippen LogP contribution in [-0.2, 0) is 6.54 Å². The Bertz CT molecular complexity index is 601. The first kappa shape index (κ1) is 12.8. The number of hydrogen-bond acceptors (Lipinski definition) is 3. The van der Waals surface area contributed by atoms with Gasteiger partial charge < -0.3 is 11.1 Å². The van der Waals surface area contributed by atoms with Crippen LogP contribution in [0.2, 0.25) is 0 Å². The molecule has 0 unspecified atom stereocenters. The van der Waals surface area contributed by atoms with Crippen molar-refractivity contribution in [3.63, 3.8) is 0 Å². The number of rotatable bonds is 4. The number of amides is 2. The smallest absolute Gasteiger partial charge is 0.258 e. The Morgan fingerprint density at radius 1 is 1.26 bits per heavy atom. The predicted octanol–water partition coefficient (Wildman–Crippen LogP) is 1.25. The molecule has 2 amide bonds. The molecular formula is C13H14N4O2. The van der Waals surface area contributed by atoms with Crippen LogP contribution in [-0.4, -0.2) is 21.6 Å². The van der Waals surface area contributed by atoms with E-state index in [4.69, 9.17) is 5.73 Å². The Hall–Kier alpha value is -2.63. The monoisotopic (exact) mass is 258 g/mol. The number of aromatic nitrogens is 2. The van der Waals surface area contributed by atoms with Crippen LogP contribution in [0.1, 0.15) is 27.6 Å². The molecule has 0 aliphatic heterocycles. The van der Waals surface area contributed by atoms with Gasteiger partial charge in [0.15, 0.2) is 0 Å². The van der Waals surface area contributed by atoms with Crippen LogP contribution in [0, 0.1) is 0 Å². The molecule has 0 saturated carbocycles. The summed E-state index contributed by atoms with van der Waals surface area (Å²) >= 11 is 0. The average Bonchev–Trinajstić information content (AvgIpc) is 2.88. The lowest BCUT2D eigenvalue weighted by atomic mass is 10.2. The minimum absolute atomic E-state index is 0.244. The molecule has 3 N–H and O–H groups in total. The Labute approximate surface area is 110 Å². The SMILES string of the molecule is CCn1cc(C(=O)Nc2ccc(C(N)=O)cc2)cn1. The molecular weight excluding hydrogens is 244 g/mol. The number of nitrogens with one attached hydrogen (secondary N) is 1. The second-order valence-electron chi connectivity index (χ2n) is 3.98. The van der Waals surface area contributed by atoms with Crippen LogP contribution in [0.25, 0.3) is 0 Å². The van der Waals surface area contributed by atoms with Crippen LogP contribution in [0.3, 0.4) is 0 Å². The van der Waals surface area contributed by atoms with Gasteiger partial charge in [0, 0.05) is 24.0 Å². The quantitative estimate of drug-likeness (QED) is 0.864. The molecule has 6 nitrogen and oxygen atoms in total. The second-order valence-corrected chi connectivity index (χ2v) is 3.98. The van der Waals surface area contributed by atoms with Crippen molar-refractivity contribution in [2.24, 2.45) is 5.73 Å². The molecule has 2 rings (SSSR count). The molecule has 1 aromatic carbocycles. The molecule has 0 aliphatic rings. The maximum absolute atomic E-state index is 11.9. The van der Waals surface area contributed by atoms with Crippen molar-refractivity contribution in [2.75, 3.05) is 5.32 Å². The molecule has 0 atom stereocenters. The van der Waals surface area contributed by atoms with E-state index in [-0.39, 0.29) is 5.91 Å². The van der Waals surface area contributed by atoms with Crippen molar-refractivity contribution in [1.29, 1.82) is 0 Å². The molecule has 19 heavy (non-hydrogen) atoms. The fraction of sp³-hybridized carbons (Fsp3) is 0.154. The number of benzene rings is 1. The van der Waals surface area contributed by atoms with E-state index in [0.29, 0.717) is 23.4 Å². The number of carbonyl (C=O) groups is 2. The minimum Gasteiger partial charge on any atom is -0.366 e. The minimum atomic E-state index is -0.498. The molecule has 0 bridgehead atoms. The van der Waals surface area contributed by atoms with Crippen LogP contribution in [0.5, 0.6) is 0 Å². The van der Waals surface area contributed by atoms with Crippen LogP contribution in [0.15, 0.2) is 36.7 Å². The van der Waals surface area contributed by atoms with Crippen molar-refractivity contribution in [3.05, 3.63) is 47.8 Å². The van der Waals surface area contributed by atoms with Crippen LogP contribution in [0.4, 0.5) is 5.69 Å². The number of hydrogen-bond donors (Lipinski definition) is 2. The van der Waals surface area contributed by atoms with Crippen LogP contribution < -0.4 is 11.1 Å². The highest BCUT2D eigenvalue weighted by Gasteiger charge is 2.09. The fourth-order valence-corrected chi connectivity index (χ4v) is 1.57. The topological polar surface area (TPSA) is 90.0 Å². The van der Waals surface area contributed by atoms with E-state index in [1.54, 1.807) is 35.1 Å². The van der Waals surface area contributed by atoms with Gasteiger partial charge in [0.2, 0.25) is 5.91 Å². The molecule has 1 aromatic heterocycles. The highest BCUT2D eigenvalue weighted by Crippen LogP contribution is 2.11. The first-order valence-corrected chi connectivity index (χ1v) is 5.84. The van der Waals surface area contributed by atoms with Gasteiger partial charge in [-0.05, 0) is 31.2 Å². The molecule has 0 saturated heterocycles. The van der Waals surface area contributed by atoms with Gasteiger partial charge in [-0.25, -0.2) is 0 Å². The highest BCUT2D eigenvalue weighted by atomic mass is 16.2. The summed E-state index contributed by atoms with van der Waals surface area (Å²) in [7, 11) is 0. The third kappa shape index (κ3) is 2.98. The van der Waals surface area contributed by atoms with Gasteiger partial charge in [0.1, 0.15) is 0 Å². The Morgan fingerprint density at radius 2 is 1.95 bits per heavy atom. The fourth-order valence-electron chi connectivity index (χ4n) is 1.57. The average molecular weight is 258 g/mol. The zero-order valence-electron chi connectivity index (χ0n) is 10.5. The summed E-state index contributed by atoms with van der Waals surface area (Å²) < 4.78 is 1.67. The third-order valence-corrected chi connectivity index (χ3v) is 2.65. The van der Waals surface area contributed by atoms with Crippen molar-refractivity contribution in [2.45, 2.75) is 13.5 Å². The largest absolute Gasteiger partial charge is 0.366 e. The van der Waals surface area contributed by atoms with Gasteiger partial charge in [-0.15, -0.1) is 0 Å². The Kier molecular flexibility index (Phi) is 3.61. The van der Waals surface area contributed by atoms with E-state index in [1.165, 1.54) is 6.20 Å². The molecule has 6 heteroatoms. The normalized spacial score (nSPS) is 10.2.